The topological polar surface area (TPSA) is 63.3 Å². The third kappa shape index (κ3) is 1.67. The molecule has 0 bridgehead atoms. The fraction of sp³-hybridized carbons (Fsp3) is 0.222. The second-order valence-corrected chi connectivity index (χ2v) is 2.78. The molecular formula is C9H10FNO2. The lowest BCUT2D eigenvalue weighted by molar-refractivity contribution is -0.144. The van der Waals surface area contributed by atoms with Crippen LogP contribution in [-0.2, 0) is 10.3 Å². The molecule has 3 nitrogen and oxygen atoms in total. The molecule has 0 fully saturated rings. The highest BCUT2D eigenvalue weighted by atomic mass is 19.1. The van der Waals surface area contributed by atoms with Crippen LogP contribution >= 0.6 is 0 Å². The Hall–Kier alpha value is -1.42. The number of carbonyl (C=O) groups is 1. The van der Waals surface area contributed by atoms with Gasteiger partial charge in [-0.25, -0.2) is 9.18 Å². The van der Waals surface area contributed by atoms with E-state index in [0.717, 1.165) is 0 Å². The van der Waals surface area contributed by atoms with Crippen LogP contribution in [0.15, 0.2) is 30.3 Å². The van der Waals surface area contributed by atoms with E-state index >= 15 is 0 Å². The van der Waals surface area contributed by atoms with Gasteiger partial charge in [-0.1, -0.05) is 30.3 Å². The number of hydrogen-bond acceptors (Lipinski definition) is 2. The van der Waals surface area contributed by atoms with Crippen LogP contribution in [0.4, 0.5) is 4.39 Å². The molecule has 13 heavy (non-hydrogen) atoms. The lowest BCUT2D eigenvalue weighted by Crippen LogP contribution is -2.46. The lowest BCUT2D eigenvalue weighted by atomic mass is 9.93. The van der Waals surface area contributed by atoms with Crippen molar-refractivity contribution in [2.75, 3.05) is 6.67 Å². The van der Waals surface area contributed by atoms with E-state index < -0.39 is 18.2 Å². The van der Waals surface area contributed by atoms with Gasteiger partial charge in [0.25, 0.3) is 0 Å². The Kier molecular flexibility index (Phi) is 2.63. The zero-order valence-electron chi connectivity index (χ0n) is 6.90. The number of benzene rings is 1. The predicted molar refractivity (Wildman–Crippen MR) is 45.9 cm³/mol. The summed E-state index contributed by atoms with van der Waals surface area (Å²) in [5.41, 5.74) is 3.74. The van der Waals surface area contributed by atoms with Crippen LogP contribution in [0.3, 0.4) is 0 Å². The fourth-order valence-electron chi connectivity index (χ4n) is 0.993. The van der Waals surface area contributed by atoms with Crippen molar-refractivity contribution in [1.29, 1.82) is 0 Å². The summed E-state index contributed by atoms with van der Waals surface area (Å²) in [6.45, 7) is -1.12. The highest BCUT2D eigenvalue weighted by Gasteiger charge is 2.35. The molecule has 0 radical (unpaired) electrons. The van der Waals surface area contributed by atoms with E-state index in [-0.39, 0.29) is 5.56 Å². The summed E-state index contributed by atoms with van der Waals surface area (Å²) in [6, 6.07) is 7.94. The lowest BCUT2D eigenvalue weighted by Gasteiger charge is -2.20. The molecule has 1 atom stereocenters. The van der Waals surface area contributed by atoms with Gasteiger partial charge in [0.15, 0.2) is 5.54 Å². The molecule has 1 rings (SSSR count). The number of halogens is 1. The van der Waals surface area contributed by atoms with Gasteiger partial charge in [0.1, 0.15) is 6.67 Å². The zero-order valence-corrected chi connectivity index (χ0v) is 6.90. The predicted octanol–water partition coefficient (Wildman–Crippen LogP) is 0.895. The number of hydrogen-bond donors (Lipinski definition) is 2. The van der Waals surface area contributed by atoms with Crippen LogP contribution in [0.2, 0.25) is 0 Å². The molecule has 0 aliphatic rings. The summed E-state index contributed by atoms with van der Waals surface area (Å²) >= 11 is 0. The number of alkyl halides is 1. The van der Waals surface area contributed by atoms with E-state index in [0.29, 0.717) is 0 Å². The van der Waals surface area contributed by atoms with Gasteiger partial charge in [-0.05, 0) is 5.56 Å². The summed E-state index contributed by atoms with van der Waals surface area (Å²) in [6.07, 6.45) is 0. The highest BCUT2D eigenvalue weighted by molar-refractivity contribution is 5.80. The minimum atomic E-state index is -1.92. The molecule has 0 aromatic heterocycles. The van der Waals surface area contributed by atoms with Crippen molar-refractivity contribution in [2.45, 2.75) is 5.54 Å². The van der Waals surface area contributed by atoms with E-state index in [2.05, 4.69) is 0 Å². The first-order chi connectivity index (χ1) is 6.11. The molecule has 0 saturated heterocycles. The van der Waals surface area contributed by atoms with Crippen LogP contribution < -0.4 is 5.73 Å². The minimum Gasteiger partial charge on any atom is -0.480 e. The molecule has 0 saturated carbocycles. The summed E-state index contributed by atoms with van der Waals surface area (Å²) in [5.74, 6) is -1.36. The second kappa shape index (κ2) is 3.53. The summed E-state index contributed by atoms with van der Waals surface area (Å²) in [5, 5.41) is 8.72. The van der Waals surface area contributed by atoms with Crippen LogP contribution in [-0.4, -0.2) is 17.8 Å². The third-order valence-corrected chi connectivity index (χ3v) is 1.88. The van der Waals surface area contributed by atoms with Gasteiger partial charge < -0.3 is 10.8 Å². The molecule has 1 aromatic carbocycles. The molecule has 3 N–H and O–H groups in total. The summed E-state index contributed by atoms with van der Waals surface area (Å²) in [7, 11) is 0. The second-order valence-electron chi connectivity index (χ2n) is 2.78. The average molecular weight is 183 g/mol. The van der Waals surface area contributed by atoms with Crippen LogP contribution in [0.5, 0.6) is 0 Å². The molecule has 0 heterocycles. The van der Waals surface area contributed by atoms with E-state index in [1.807, 2.05) is 0 Å². The first-order valence-electron chi connectivity index (χ1n) is 3.75. The molecule has 0 amide bonds. The summed E-state index contributed by atoms with van der Waals surface area (Å²) in [4.78, 5) is 10.7. The Bertz CT molecular complexity index is 302. The molecule has 70 valence electrons. The van der Waals surface area contributed by atoms with Gasteiger partial charge >= 0.3 is 5.97 Å². The Balaban J connectivity index is 3.11. The highest BCUT2D eigenvalue weighted by Crippen LogP contribution is 2.18. The molecule has 0 aliphatic heterocycles. The number of aliphatic carboxylic acids is 1. The summed E-state index contributed by atoms with van der Waals surface area (Å²) < 4.78 is 12.5. The molecule has 0 spiro atoms. The SMILES string of the molecule is NC(CF)(C(=O)O)c1ccccc1. The Morgan fingerprint density at radius 1 is 1.46 bits per heavy atom. The standard InChI is InChI=1S/C9H10FNO2/c10-6-9(11,8(12)13)7-4-2-1-3-5-7/h1-5H,6,11H2,(H,12,13). The van der Waals surface area contributed by atoms with Gasteiger partial charge in [-0.15, -0.1) is 0 Å². The fourth-order valence-corrected chi connectivity index (χ4v) is 0.993. The maximum Gasteiger partial charge on any atom is 0.331 e. The number of carboxylic acids is 1. The normalized spacial score (nSPS) is 14.9. The van der Waals surface area contributed by atoms with Crippen molar-refractivity contribution in [3.8, 4) is 0 Å². The smallest absolute Gasteiger partial charge is 0.331 e. The van der Waals surface area contributed by atoms with Gasteiger partial charge in [-0.2, -0.15) is 0 Å². The molecule has 1 aromatic rings. The zero-order chi connectivity index (χ0) is 9.90. The van der Waals surface area contributed by atoms with E-state index in [1.165, 1.54) is 12.1 Å². The van der Waals surface area contributed by atoms with Crippen molar-refractivity contribution in [3.63, 3.8) is 0 Å². The van der Waals surface area contributed by atoms with Crippen molar-refractivity contribution in [2.24, 2.45) is 5.73 Å². The molecular weight excluding hydrogens is 173 g/mol. The maximum absolute atomic E-state index is 12.5. The Labute approximate surface area is 75.0 Å². The maximum atomic E-state index is 12.5. The van der Waals surface area contributed by atoms with E-state index in [4.69, 9.17) is 10.8 Å². The van der Waals surface area contributed by atoms with Gasteiger partial charge in [0, 0.05) is 0 Å². The number of nitrogens with two attached hydrogens (primary N) is 1. The van der Waals surface area contributed by atoms with Crippen molar-refractivity contribution in [3.05, 3.63) is 35.9 Å². The average Bonchev–Trinajstić information content (AvgIpc) is 2.17. The number of carboxylic acid groups (broad SMARTS) is 1. The molecule has 0 aliphatic carbocycles. The third-order valence-electron chi connectivity index (χ3n) is 1.88. The van der Waals surface area contributed by atoms with Gasteiger partial charge in [0.05, 0.1) is 0 Å². The largest absolute Gasteiger partial charge is 0.480 e. The van der Waals surface area contributed by atoms with E-state index in [1.54, 1.807) is 18.2 Å². The monoisotopic (exact) mass is 183 g/mol. The number of rotatable bonds is 3. The van der Waals surface area contributed by atoms with Crippen molar-refractivity contribution in [1.82, 2.24) is 0 Å². The van der Waals surface area contributed by atoms with Crippen molar-refractivity contribution >= 4 is 5.97 Å². The first-order valence-corrected chi connectivity index (χ1v) is 3.75. The van der Waals surface area contributed by atoms with Gasteiger partial charge in [0.2, 0.25) is 0 Å². The van der Waals surface area contributed by atoms with Gasteiger partial charge in [-0.3, -0.25) is 0 Å². The minimum absolute atomic E-state index is 0.269. The first kappa shape index (κ1) is 9.67. The van der Waals surface area contributed by atoms with Crippen LogP contribution in [0.1, 0.15) is 5.56 Å². The Morgan fingerprint density at radius 3 is 2.38 bits per heavy atom. The quantitative estimate of drug-likeness (QED) is 0.731. The van der Waals surface area contributed by atoms with Crippen LogP contribution in [0, 0.1) is 0 Å². The molecule has 4 heteroatoms. The van der Waals surface area contributed by atoms with Crippen LogP contribution in [0.25, 0.3) is 0 Å². The Morgan fingerprint density at radius 2 is 2.00 bits per heavy atom. The molecule has 1 unspecified atom stereocenters. The van der Waals surface area contributed by atoms with E-state index in [9.17, 15) is 9.18 Å². The van der Waals surface area contributed by atoms with Crippen molar-refractivity contribution < 1.29 is 14.3 Å².